The molecule has 0 spiro atoms. The van der Waals surface area contributed by atoms with Crippen LogP contribution in [0.25, 0.3) is 0 Å². The molecule has 0 amide bonds. The highest BCUT2D eigenvalue weighted by atomic mass is 28.3. The van der Waals surface area contributed by atoms with Gasteiger partial charge in [-0.3, -0.25) is 0 Å². The highest BCUT2D eigenvalue weighted by Crippen LogP contribution is 2.26. The van der Waals surface area contributed by atoms with Crippen LogP contribution in [0.2, 0.25) is 19.6 Å². The van der Waals surface area contributed by atoms with Crippen LogP contribution >= 0.6 is 0 Å². The first-order chi connectivity index (χ1) is 7.95. The first kappa shape index (κ1) is 12.8. The van der Waals surface area contributed by atoms with Crippen molar-refractivity contribution in [2.75, 3.05) is 0 Å². The minimum Gasteiger partial charge on any atom is -0.310 e. The molecule has 1 aromatic rings. The summed E-state index contributed by atoms with van der Waals surface area (Å²) in [4.78, 5) is 0. The Morgan fingerprint density at radius 1 is 1.12 bits per heavy atom. The van der Waals surface area contributed by atoms with Gasteiger partial charge in [-0.05, 0) is 24.3 Å². The zero-order valence-corrected chi connectivity index (χ0v) is 12.6. The van der Waals surface area contributed by atoms with Crippen molar-refractivity contribution in [2.45, 2.75) is 52.0 Å². The van der Waals surface area contributed by atoms with Gasteiger partial charge in [0.05, 0.1) is 8.07 Å². The molecule has 0 heterocycles. The Balaban J connectivity index is 1.86. The van der Waals surface area contributed by atoms with E-state index in [4.69, 9.17) is 0 Å². The molecule has 0 saturated heterocycles. The highest BCUT2D eigenvalue weighted by Gasteiger charge is 2.24. The molecule has 0 atom stereocenters. The Labute approximate surface area is 107 Å². The van der Waals surface area contributed by atoms with E-state index in [1.165, 1.54) is 18.4 Å². The van der Waals surface area contributed by atoms with E-state index in [2.05, 4.69) is 56.1 Å². The molecule has 0 aliphatic heterocycles. The summed E-state index contributed by atoms with van der Waals surface area (Å²) in [5, 5.41) is 5.19. The summed E-state index contributed by atoms with van der Waals surface area (Å²) in [6, 6.07) is 10.0. The summed E-state index contributed by atoms with van der Waals surface area (Å²) in [7, 11) is -1.13. The summed E-state index contributed by atoms with van der Waals surface area (Å²) in [6.07, 6.45) is 2.71. The van der Waals surface area contributed by atoms with Crippen LogP contribution in [0.4, 0.5) is 0 Å². The maximum atomic E-state index is 3.64. The first-order valence-corrected chi connectivity index (χ1v) is 10.3. The van der Waals surface area contributed by atoms with E-state index in [0.29, 0.717) is 0 Å². The first-order valence-electron chi connectivity index (χ1n) is 6.78. The average Bonchev–Trinajstić information content (AvgIpc) is 2.22. The molecule has 0 unspecified atom stereocenters. The molecule has 0 bridgehead atoms. The molecule has 0 radical (unpaired) electrons. The summed E-state index contributed by atoms with van der Waals surface area (Å²) < 4.78 is 0. The van der Waals surface area contributed by atoms with Gasteiger partial charge in [0.2, 0.25) is 0 Å². The van der Waals surface area contributed by atoms with Gasteiger partial charge in [0, 0.05) is 12.6 Å². The Morgan fingerprint density at radius 2 is 1.71 bits per heavy atom. The van der Waals surface area contributed by atoms with Gasteiger partial charge in [-0.25, -0.2) is 0 Å². The molecule has 1 N–H and O–H groups in total. The lowest BCUT2D eigenvalue weighted by molar-refractivity contribution is 0.240. The molecule has 17 heavy (non-hydrogen) atoms. The molecular formula is C15H25NSi. The fraction of sp³-hybridized carbons (Fsp3) is 0.600. The fourth-order valence-electron chi connectivity index (χ4n) is 2.45. The van der Waals surface area contributed by atoms with Gasteiger partial charge in [-0.1, -0.05) is 56.0 Å². The molecule has 1 aromatic carbocycles. The third-order valence-electron chi connectivity index (χ3n) is 3.79. The van der Waals surface area contributed by atoms with E-state index >= 15 is 0 Å². The SMILES string of the molecule is CC1CC(NCc2ccc([Si](C)(C)C)cc2)C1. The molecule has 1 nitrogen and oxygen atoms in total. The lowest BCUT2D eigenvalue weighted by atomic mass is 9.82. The Morgan fingerprint density at radius 3 is 2.18 bits per heavy atom. The second-order valence-electron chi connectivity index (χ2n) is 6.60. The van der Waals surface area contributed by atoms with Gasteiger partial charge in [-0.15, -0.1) is 0 Å². The fourth-order valence-corrected chi connectivity index (χ4v) is 3.62. The van der Waals surface area contributed by atoms with Crippen LogP contribution in [0, 0.1) is 5.92 Å². The van der Waals surface area contributed by atoms with Crippen molar-refractivity contribution in [1.82, 2.24) is 5.32 Å². The van der Waals surface area contributed by atoms with Gasteiger partial charge in [0.25, 0.3) is 0 Å². The third kappa shape index (κ3) is 3.43. The van der Waals surface area contributed by atoms with Crippen LogP contribution in [0.3, 0.4) is 0 Å². The Bertz CT molecular complexity index is 358. The van der Waals surface area contributed by atoms with E-state index in [-0.39, 0.29) is 0 Å². The van der Waals surface area contributed by atoms with E-state index < -0.39 is 8.07 Å². The van der Waals surface area contributed by atoms with Crippen LogP contribution in [0.15, 0.2) is 24.3 Å². The van der Waals surface area contributed by atoms with Gasteiger partial charge in [-0.2, -0.15) is 0 Å². The predicted molar refractivity (Wildman–Crippen MR) is 78.4 cm³/mol. The van der Waals surface area contributed by atoms with Crippen molar-refractivity contribution in [3.63, 3.8) is 0 Å². The monoisotopic (exact) mass is 247 g/mol. The summed E-state index contributed by atoms with van der Waals surface area (Å²) >= 11 is 0. The number of hydrogen-bond acceptors (Lipinski definition) is 1. The predicted octanol–water partition coefficient (Wildman–Crippen LogP) is 3.12. The topological polar surface area (TPSA) is 12.0 Å². The standard InChI is InChI=1S/C15H25NSi/c1-12-9-14(10-12)16-11-13-5-7-15(8-6-13)17(2,3)4/h5-8,12,14,16H,9-11H2,1-4H3. The van der Waals surface area contributed by atoms with Crippen molar-refractivity contribution in [3.8, 4) is 0 Å². The summed E-state index contributed by atoms with van der Waals surface area (Å²) in [5.41, 5.74) is 1.42. The zero-order valence-electron chi connectivity index (χ0n) is 11.6. The minimum absolute atomic E-state index is 0.765. The van der Waals surface area contributed by atoms with Gasteiger partial charge in [0.15, 0.2) is 0 Å². The smallest absolute Gasteiger partial charge is 0.0775 e. The molecule has 1 aliphatic carbocycles. The van der Waals surface area contributed by atoms with Crippen LogP contribution < -0.4 is 10.5 Å². The van der Waals surface area contributed by atoms with Gasteiger partial charge < -0.3 is 5.32 Å². The molecule has 1 aliphatic rings. The number of rotatable bonds is 4. The van der Waals surface area contributed by atoms with Crippen molar-refractivity contribution >= 4 is 13.3 Å². The average molecular weight is 247 g/mol. The van der Waals surface area contributed by atoms with Crippen molar-refractivity contribution < 1.29 is 0 Å². The second-order valence-corrected chi connectivity index (χ2v) is 11.7. The van der Waals surface area contributed by atoms with Crippen LogP contribution in [-0.2, 0) is 6.54 Å². The summed E-state index contributed by atoms with van der Waals surface area (Å²) in [5.74, 6) is 0.932. The molecule has 2 rings (SSSR count). The molecule has 94 valence electrons. The number of hydrogen-bond donors (Lipinski definition) is 1. The van der Waals surface area contributed by atoms with Crippen LogP contribution in [0.1, 0.15) is 25.3 Å². The third-order valence-corrected chi connectivity index (χ3v) is 5.85. The lowest BCUT2D eigenvalue weighted by Crippen LogP contribution is -2.40. The number of nitrogens with one attached hydrogen (secondary N) is 1. The quantitative estimate of drug-likeness (QED) is 0.806. The molecule has 1 fully saturated rings. The minimum atomic E-state index is -1.13. The maximum absolute atomic E-state index is 3.64. The maximum Gasteiger partial charge on any atom is 0.0775 e. The molecular weight excluding hydrogens is 222 g/mol. The van der Waals surface area contributed by atoms with Crippen molar-refractivity contribution in [3.05, 3.63) is 29.8 Å². The highest BCUT2D eigenvalue weighted by molar-refractivity contribution is 6.88. The van der Waals surface area contributed by atoms with E-state index in [0.717, 1.165) is 18.5 Å². The van der Waals surface area contributed by atoms with E-state index in [1.807, 2.05) is 0 Å². The molecule has 0 aromatic heterocycles. The van der Waals surface area contributed by atoms with E-state index in [9.17, 15) is 0 Å². The lowest BCUT2D eigenvalue weighted by Gasteiger charge is -2.33. The second kappa shape index (κ2) is 4.95. The van der Waals surface area contributed by atoms with Crippen molar-refractivity contribution in [1.29, 1.82) is 0 Å². The van der Waals surface area contributed by atoms with Gasteiger partial charge in [0.1, 0.15) is 0 Å². The van der Waals surface area contributed by atoms with Crippen LogP contribution in [0.5, 0.6) is 0 Å². The summed E-state index contributed by atoms with van der Waals surface area (Å²) in [6.45, 7) is 10.6. The number of benzene rings is 1. The normalized spacial score (nSPS) is 24.5. The van der Waals surface area contributed by atoms with Crippen LogP contribution in [-0.4, -0.2) is 14.1 Å². The largest absolute Gasteiger partial charge is 0.310 e. The van der Waals surface area contributed by atoms with Crippen molar-refractivity contribution in [2.24, 2.45) is 5.92 Å². The Hall–Kier alpha value is -0.603. The zero-order chi connectivity index (χ0) is 12.5. The molecule has 2 heteroatoms. The molecule has 1 saturated carbocycles. The van der Waals surface area contributed by atoms with Gasteiger partial charge >= 0.3 is 0 Å². The Kier molecular flexibility index (Phi) is 3.74. The van der Waals surface area contributed by atoms with E-state index in [1.54, 1.807) is 5.19 Å².